The van der Waals surface area contributed by atoms with Crippen LogP contribution < -0.4 is 62.5 Å². The number of aliphatic hydroxyl groups excluding tert-OH is 6. The molecule has 0 spiro atoms. The summed E-state index contributed by atoms with van der Waals surface area (Å²) in [6.07, 6.45) is -18.7. The Bertz CT molecular complexity index is 4890. The fourth-order valence-corrected chi connectivity index (χ4v) is 15.0. The third kappa shape index (κ3) is 18.3. The maximum atomic E-state index is 16.2. The fraction of sp³-hybridized carbons (Fsp3) is 0.367. The Labute approximate surface area is 671 Å². The van der Waals surface area contributed by atoms with Gasteiger partial charge in [0.1, 0.15) is 89.5 Å². The summed E-state index contributed by atoms with van der Waals surface area (Å²) >= 11 is 20.4. The first-order valence-corrected chi connectivity index (χ1v) is 37.5. The Morgan fingerprint density at radius 3 is 1.86 bits per heavy atom. The number of hydrogen-bond acceptors (Lipinski definition) is 25. The summed E-state index contributed by atoms with van der Waals surface area (Å²) in [5, 5.41) is 137. The zero-order valence-corrected chi connectivity index (χ0v) is 64.2. The highest BCUT2D eigenvalue weighted by atomic mass is 35.5. The SMILES string of the molecule is CN[C@H](CC(C)C)C(=O)N[C@H]1C(=O)N[C@@H](CC(N)=O)C(=O)N[C@H]2C(=O)N[C@H]3C(=O)N[C@H](C(=O)N[C@H](C(=O)O)c4cc(O)cc(O)c4-c4cc3ccc4O)[C@H](O)c3ccc(c(Cl)c3)Oc3cc2cc(c3O[C@@H]2O[C@H](CO)[C@@H](O)[C@H](O)[C@H]2O[C@H]2C[C@](C)(NCc3ccc(-c4ccc(Cl)cc4)cc3)[C@H](O)[C@H](C)O2)Oc2ccc(cc2Cl)[C@H]1O. The van der Waals surface area contributed by atoms with Gasteiger partial charge in [-0.15, -0.1) is 0 Å². The number of hydrogen-bond donors (Lipinski definition) is 19. The van der Waals surface area contributed by atoms with E-state index in [1.165, 1.54) is 19.2 Å². The van der Waals surface area contributed by atoms with Crippen LogP contribution in [-0.2, 0) is 59.1 Å². The van der Waals surface area contributed by atoms with Crippen LogP contribution in [0.2, 0.25) is 15.1 Å². The predicted octanol–water partition coefficient (Wildman–Crippen LogP) is 4.26. The zero-order chi connectivity index (χ0) is 82.9. The number of primary amides is 1. The minimum absolute atomic E-state index is 0.106. The van der Waals surface area contributed by atoms with Crippen LogP contribution in [0.4, 0.5) is 0 Å². The standard InChI is InChI=1S/C79H84Cl3N9O24/c1-32(2)20-47(84-5)71(102)90-62-64(97)38-13-18-51(45(81)22-38)111-53-24-40-25-54(68(53)115-78-69(67(100)66(99)55(31-92)113-78)114-57-29-79(4,70(101)33(3)110-57)85-30-34-6-8-35(9-7-34)36-10-15-41(80)16-11-36)112-52-19-14-39(23-46(52)82)65(98)63-76(107)89-61(77(108)109)44-26-42(93)27-50(95)58(44)43-21-37(12-17-49(43)94)59(73(104)91-63)88-74(105)60(40)87-72(103)48(28-56(83)96)86-75(62)106/h6-19,21-27,32-33,47-48,55,57,59-67,69-70,78,84-85,92-95,97-101H,20,28-31H2,1-5H3,(H2,83,96)(H,86,106)(H,87,103)(H,88,105)(H,89,107)(H,90,102)(H,91,104)(H,108,109)/t33-,47+,48-,55+,57-,59+,60+,61-,62+,63-,64+,65+,66+,67-,69+,70+,78-,79-/m0/s1. The highest BCUT2D eigenvalue weighted by molar-refractivity contribution is 6.32. The van der Waals surface area contributed by atoms with Crippen molar-refractivity contribution in [1.29, 1.82) is 0 Å². The van der Waals surface area contributed by atoms with E-state index in [2.05, 4.69) is 42.5 Å². The van der Waals surface area contributed by atoms with Gasteiger partial charge in [0.15, 0.2) is 29.9 Å². The van der Waals surface area contributed by atoms with E-state index in [1.807, 2.05) is 50.2 Å². The van der Waals surface area contributed by atoms with E-state index < -0.39 is 237 Å². The summed E-state index contributed by atoms with van der Waals surface area (Å²) in [4.78, 5) is 118. The molecule has 14 rings (SSSR count). The van der Waals surface area contributed by atoms with Crippen LogP contribution in [0.1, 0.15) is 111 Å². The summed E-state index contributed by atoms with van der Waals surface area (Å²) in [5.41, 5.74) is 4.32. The number of phenols is 3. The number of carboxylic acids is 1. The number of nitrogens with two attached hydrogens (primary N) is 1. The number of carbonyl (C=O) groups excluding carboxylic acids is 7. The molecule has 33 nitrogen and oxygen atoms in total. The molecule has 36 heteroatoms. The van der Waals surface area contributed by atoms with Gasteiger partial charge in [0.25, 0.3) is 0 Å². The number of phenolic OH excluding ortho intramolecular Hbond substituents is 3. The second-order valence-electron chi connectivity index (χ2n) is 29.2. The molecule has 7 aromatic rings. The minimum Gasteiger partial charge on any atom is -0.508 e. The average molecular weight is 1650 g/mol. The lowest BCUT2D eigenvalue weighted by atomic mass is 9.84. The lowest BCUT2D eigenvalue weighted by Crippen LogP contribution is -2.65. The molecule has 7 aliphatic heterocycles. The Morgan fingerprint density at radius 2 is 1.26 bits per heavy atom. The van der Waals surface area contributed by atoms with Crippen molar-refractivity contribution in [1.82, 2.24) is 42.5 Å². The Hall–Kier alpha value is -10.5. The summed E-state index contributed by atoms with van der Waals surface area (Å²) in [7, 11) is 1.48. The maximum absolute atomic E-state index is 16.2. The van der Waals surface area contributed by atoms with Crippen LogP contribution in [0.25, 0.3) is 22.3 Å². The van der Waals surface area contributed by atoms with E-state index >= 15 is 14.4 Å². The molecule has 0 saturated carbocycles. The second-order valence-corrected chi connectivity index (χ2v) is 30.4. The van der Waals surface area contributed by atoms with Gasteiger partial charge in [-0.25, -0.2) is 4.79 Å². The van der Waals surface area contributed by atoms with Gasteiger partial charge in [0.05, 0.1) is 41.3 Å². The van der Waals surface area contributed by atoms with E-state index in [9.17, 15) is 75.0 Å². The number of carboxylic acid groups (broad SMARTS) is 1. The first kappa shape index (κ1) is 83.9. The van der Waals surface area contributed by atoms with E-state index in [0.717, 1.165) is 83.4 Å². The minimum atomic E-state index is -2.36. The lowest BCUT2D eigenvalue weighted by molar-refractivity contribution is -0.334. The molecular weight excluding hydrogens is 1570 g/mol. The van der Waals surface area contributed by atoms with Gasteiger partial charge in [0, 0.05) is 46.3 Å². The van der Waals surface area contributed by atoms with Crippen molar-refractivity contribution in [2.75, 3.05) is 13.7 Å². The monoisotopic (exact) mass is 1650 g/mol. The third-order valence-electron chi connectivity index (χ3n) is 20.6. The maximum Gasteiger partial charge on any atom is 0.330 e. The van der Waals surface area contributed by atoms with Crippen LogP contribution in [0, 0.1) is 5.92 Å². The summed E-state index contributed by atoms with van der Waals surface area (Å²) in [6.45, 7) is 6.15. The molecule has 610 valence electrons. The van der Waals surface area contributed by atoms with E-state index in [4.69, 9.17) is 69.0 Å². The molecule has 2 fully saturated rings. The van der Waals surface area contributed by atoms with Gasteiger partial charge in [-0.1, -0.05) is 103 Å². The van der Waals surface area contributed by atoms with Gasteiger partial charge < -0.3 is 128 Å². The molecule has 7 amide bonds. The first-order valence-electron chi connectivity index (χ1n) is 36.4. The highest BCUT2D eigenvalue weighted by Crippen LogP contribution is 2.50. The number of likely N-dealkylation sites (N-methyl/N-ethyl adjacent to an activating group) is 1. The quantitative estimate of drug-likeness (QED) is 0.0605. The van der Waals surface area contributed by atoms with Gasteiger partial charge >= 0.3 is 5.97 Å². The molecule has 115 heavy (non-hydrogen) atoms. The molecule has 18 atom stereocenters. The molecule has 7 heterocycles. The van der Waals surface area contributed by atoms with Gasteiger partial charge in [0.2, 0.25) is 53.4 Å². The first-order chi connectivity index (χ1) is 54.6. The number of amides is 7. The Balaban J connectivity index is 1.04. The molecule has 0 unspecified atom stereocenters. The number of halogens is 3. The van der Waals surface area contributed by atoms with Crippen molar-refractivity contribution < 1.29 is 118 Å². The van der Waals surface area contributed by atoms with E-state index in [1.54, 1.807) is 26.0 Å². The number of carbonyl (C=O) groups is 8. The zero-order valence-electron chi connectivity index (χ0n) is 62.0. The summed E-state index contributed by atoms with van der Waals surface area (Å²) < 4.78 is 39.5. The second kappa shape index (κ2) is 34.9. The molecule has 11 bridgehead atoms. The molecule has 0 aromatic heterocycles. The molecular formula is C79H84Cl3N9O24. The van der Waals surface area contributed by atoms with E-state index in [-0.39, 0.29) is 52.8 Å². The summed E-state index contributed by atoms with van der Waals surface area (Å²) in [5.74, 6) is -16.0. The summed E-state index contributed by atoms with van der Waals surface area (Å²) in [6, 6.07) is 14.3. The van der Waals surface area contributed by atoms with E-state index in [0.29, 0.717) is 5.02 Å². The number of aromatic hydroxyl groups is 3. The number of aliphatic hydroxyl groups is 6. The number of nitrogens with one attached hydrogen (secondary N) is 8. The van der Waals surface area contributed by atoms with Crippen molar-refractivity contribution in [3.63, 3.8) is 0 Å². The van der Waals surface area contributed by atoms with Crippen molar-refractivity contribution in [2.45, 2.75) is 163 Å². The topological polar surface area (TPSA) is 517 Å². The average Bonchev–Trinajstić information content (AvgIpc) is 0.764. The largest absolute Gasteiger partial charge is 0.508 e. The highest BCUT2D eigenvalue weighted by Gasteiger charge is 2.52. The van der Waals surface area contributed by atoms with Crippen LogP contribution in [0.5, 0.6) is 46.0 Å². The molecule has 20 N–H and O–H groups in total. The third-order valence-corrected chi connectivity index (χ3v) is 21.4. The van der Waals surface area contributed by atoms with Crippen LogP contribution in [-0.4, -0.2) is 191 Å². The number of rotatable bonds is 17. The van der Waals surface area contributed by atoms with Crippen LogP contribution in [0.3, 0.4) is 0 Å². The van der Waals surface area contributed by atoms with Gasteiger partial charge in [-0.3, -0.25) is 33.6 Å². The number of aliphatic carboxylic acids is 1. The fourth-order valence-electron chi connectivity index (χ4n) is 14.4. The normalized spacial score (nSPS) is 27.2. The number of benzene rings is 7. The Kier molecular flexibility index (Phi) is 25.5. The Morgan fingerprint density at radius 1 is 0.661 bits per heavy atom. The molecule has 0 radical (unpaired) electrons. The van der Waals surface area contributed by atoms with Crippen LogP contribution >= 0.6 is 34.8 Å². The van der Waals surface area contributed by atoms with Crippen LogP contribution in [0.15, 0.2) is 127 Å². The van der Waals surface area contributed by atoms with Gasteiger partial charge in [-0.05, 0) is 139 Å². The number of ether oxygens (including phenoxy) is 6. The van der Waals surface area contributed by atoms with Crippen molar-refractivity contribution >= 4 is 82.1 Å². The molecule has 0 aliphatic carbocycles. The van der Waals surface area contributed by atoms with Crippen molar-refractivity contribution in [2.24, 2.45) is 11.7 Å². The molecule has 7 aliphatic rings. The smallest absolute Gasteiger partial charge is 0.330 e. The van der Waals surface area contributed by atoms with Crippen molar-refractivity contribution in [3.05, 3.63) is 176 Å². The number of fused-ring (bicyclic) bond motifs is 15. The van der Waals surface area contributed by atoms with Crippen molar-refractivity contribution in [3.8, 4) is 68.2 Å². The lowest BCUT2D eigenvalue weighted by Gasteiger charge is -2.48. The van der Waals surface area contributed by atoms with Gasteiger partial charge in [-0.2, -0.15) is 0 Å². The molecule has 7 aromatic carbocycles. The molecule has 2 saturated heterocycles. The predicted molar refractivity (Wildman–Crippen MR) is 409 cm³/mol.